The van der Waals surface area contributed by atoms with Crippen LogP contribution in [0.25, 0.3) is 0 Å². The van der Waals surface area contributed by atoms with Gasteiger partial charge in [0.15, 0.2) is 0 Å². The lowest BCUT2D eigenvalue weighted by Crippen LogP contribution is -2.04. The molecule has 0 radical (unpaired) electrons. The van der Waals surface area contributed by atoms with Crippen molar-refractivity contribution < 1.29 is 23.6 Å². The van der Waals surface area contributed by atoms with Crippen LogP contribution >= 0.6 is 0 Å². The molecule has 0 rings (SSSR count). The van der Waals surface area contributed by atoms with Crippen LogP contribution in [0.5, 0.6) is 0 Å². The molecule has 0 N–H and O–H groups in total. The first-order valence-corrected chi connectivity index (χ1v) is 3.10. The average molecular weight is 155 g/mol. The molecule has 2 nitrogen and oxygen atoms in total. The van der Waals surface area contributed by atoms with Crippen LogP contribution in [0.2, 0.25) is 0 Å². The zero-order valence-electron chi connectivity index (χ0n) is 3.61. The first kappa shape index (κ1) is 6.40. The van der Waals surface area contributed by atoms with Crippen molar-refractivity contribution in [2.24, 2.45) is 0 Å². The zero-order chi connectivity index (χ0) is 4.83. The van der Waals surface area contributed by atoms with Crippen LogP contribution in [0.4, 0.5) is 0 Å². The van der Waals surface area contributed by atoms with E-state index < -0.39 is 15.5 Å². The molecule has 0 aliphatic carbocycles. The Bertz CT molecular complexity index is 20.8. The minimum atomic E-state index is -0.609. The lowest BCUT2D eigenvalue weighted by Gasteiger charge is -1.79. The fourth-order valence-corrected chi connectivity index (χ4v) is 0.565. The van der Waals surface area contributed by atoms with Crippen LogP contribution in [0.15, 0.2) is 0 Å². The summed E-state index contributed by atoms with van der Waals surface area (Å²) in [5, 5.41) is 0. The van der Waals surface area contributed by atoms with Crippen LogP contribution in [-0.4, -0.2) is 6.61 Å². The van der Waals surface area contributed by atoms with Crippen molar-refractivity contribution in [1.82, 2.24) is 0 Å². The molecule has 6 heavy (non-hydrogen) atoms. The van der Waals surface area contributed by atoms with Crippen LogP contribution in [0.3, 0.4) is 0 Å². The molecule has 0 aromatic rings. The minimum absolute atomic E-state index is 0.609. The summed E-state index contributed by atoms with van der Waals surface area (Å²) in [7, 11) is 0. The molecule has 0 saturated heterocycles. The van der Waals surface area contributed by atoms with Gasteiger partial charge in [-0.1, -0.05) is 6.92 Å². The average Bonchev–Trinajstić information content (AvgIpc) is 1.61. The van der Waals surface area contributed by atoms with Crippen molar-refractivity contribution in [1.29, 1.82) is 0 Å². The third-order valence-electron chi connectivity index (χ3n) is 0.326. The highest BCUT2D eigenvalue weighted by atomic mass is 79.9. The first-order valence-electron chi connectivity index (χ1n) is 1.80. The van der Waals surface area contributed by atoms with Gasteiger partial charge in [0.1, 0.15) is 6.61 Å². The molecular weight excluding hydrogens is 148 g/mol. The topological polar surface area (TPSA) is 32.3 Å². The molecule has 0 amide bonds. The number of hydrogen-bond acceptors (Lipinski definition) is 2. The quantitative estimate of drug-likeness (QED) is 0.523. The van der Waals surface area contributed by atoms with E-state index in [1.165, 1.54) is 0 Å². The van der Waals surface area contributed by atoms with Gasteiger partial charge in [-0.2, -0.15) is 0 Å². The molecule has 0 unspecified atom stereocenters. The van der Waals surface area contributed by atoms with Gasteiger partial charge >= 0.3 is 15.5 Å². The first-order chi connectivity index (χ1) is 2.91. The fraction of sp³-hybridized carbons (Fsp3) is 1.00. The highest BCUT2D eigenvalue weighted by Gasteiger charge is 1.85. The molecule has 0 aliphatic rings. The third-order valence-corrected chi connectivity index (χ3v) is 0.836. The number of halogens is 1. The summed E-state index contributed by atoms with van der Waals surface area (Å²) in [5.41, 5.74) is 0. The molecule has 0 bridgehead atoms. The van der Waals surface area contributed by atoms with Crippen molar-refractivity contribution >= 4 is 0 Å². The Morgan fingerprint density at radius 1 is 1.83 bits per heavy atom. The van der Waals surface area contributed by atoms with E-state index in [0.717, 1.165) is 6.42 Å². The van der Waals surface area contributed by atoms with E-state index >= 15 is 0 Å². The summed E-state index contributed by atoms with van der Waals surface area (Å²) in [6, 6.07) is 0. The highest BCUT2D eigenvalue weighted by molar-refractivity contribution is 4.12. The van der Waals surface area contributed by atoms with Crippen LogP contribution in [0, 0.1) is 15.5 Å². The van der Waals surface area contributed by atoms with Crippen molar-refractivity contribution in [2.75, 3.05) is 6.61 Å². The van der Waals surface area contributed by atoms with Crippen molar-refractivity contribution in [3.05, 3.63) is 0 Å². The van der Waals surface area contributed by atoms with E-state index in [1.807, 2.05) is 6.92 Å². The van der Waals surface area contributed by atoms with Gasteiger partial charge in [-0.15, -0.1) is 3.83 Å². The standard InChI is InChI=1S/C3H7BrO2/c1-2-3-6-4-5/h2-3H2,1H3. The summed E-state index contributed by atoms with van der Waals surface area (Å²) in [6.45, 7) is 2.59. The van der Waals surface area contributed by atoms with E-state index in [-0.39, 0.29) is 0 Å². The van der Waals surface area contributed by atoms with E-state index in [9.17, 15) is 4.20 Å². The molecule has 0 aromatic heterocycles. The summed E-state index contributed by atoms with van der Waals surface area (Å²) >= 11 is -0.609. The van der Waals surface area contributed by atoms with Gasteiger partial charge in [0, 0.05) is 0 Å². The maximum atomic E-state index is 9.50. The Morgan fingerprint density at radius 2 is 2.50 bits per heavy atom. The van der Waals surface area contributed by atoms with E-state index in [4.69, 9.17) is 0 Å². The summed E-state index contributed by atoms with van der Waals surface area (Å²) in [4.78, 5) is 0. The predicted octanol–water partition coefficient (Wildman–Crippen LogP) is -0.312. The van der Waals surface area contributed by atoms with Gasteiger partial charge in [0.25, 0.3) is 0 Å². The van der Waals surface area contributed by atoms with Crippen molar-refractivity contribution in [3.63, 3.8) is 0 Å². The Hall–Kier alpha value is 0.400. The van der Waals surface area contributed by atoms with Crippen LogP contribution < -0.4 is 4.20 Å². The Labute approximate surface area is 44.3 Å². The zero-order valence-corrected chi connectivity index (χ0v) is 5.19. The van der Waals surface area contributed by atoms with Crippen molar-refractivity contribution in [2.45, 2.75) is 13.3 Å². The second-order valence-electron chi connectivity index (χ2n) is 0.876. The van der Waals surface area contributed by atoms with E-state index in [1.54, 1.807) is 0 Å². The Morgan fingerprint density at radius 3 is 2.67 bits per heavy atom. The van der Waals surface area contributed by atoms with Crippen LogP contribution in [0.1, 0.15) is 13.3 Å². The largest absolute Gasteiger partial charge is 0.550 e. The van der Waals surface area contributed by atoms with E-state index in [0.29, 0.717) is 6.61 Å². The van der Waals surface area contributed by atoms with Gasteiger partial charge in [-0.3, -0.25) is 0 Å². The highest BCUT2D eigenvalue weighted by Crippen LogP contribution is 1.74. The fourth-order valence-electron chi connectivity index (χ4n) is 0.109. The number of rotatable bonds is 3. The maximum absolute atomic E-state index is 9.50. The molecule has 0 atom stereocenters. The molecule has 3 heteroatoms. The smallest absolute Gasteiger partial charge is 0.420 e. The summed E-state index contributed by atoms with van der Waals surface area (Å²) in [5.74, 6) is 0. The molecule has 0 aromatic carbocycles. The maximum Gasteiger partial charge on any atom is 0.420 e. The second-order valence-corrected chi connectivity index (χ2v) is 1.60. The third kappa shape index (κ3) is 4.40. The molecule has 0 fully saturated rings. The number of hydrogen-bond donors (Lipinski definition) is 0. The molecule has 0 spiro atoms. The van der Waals surface area contributed by atoms with Gasteiger partial charge in [-0.05, 0) is 6.42 Å². The van der Waals surface area contributed by atoms with Gasteiger partial charge in [0.05, 0.1) is 0 Å². The Kier molecular flexibility index (Phi) is 5.76. The monoisotopic (exact) mass is 154 g/mol. The molecule has 38 valence electrons. The van der Waals surface area contributed by atoms with E-state index in [2.05, 4.69) is 3.83 Å². The van der Waals surface area contributed by atoms with Gasteiger partial charge < -0.3 is 4.20 Å². The van der Waals surface area contributed by atoms with Gasteiger partial charge in [0.2, 0.25) is 0 Å². The second kappa shape index (κ2) is 5.40. The van der Waals surface area contributed by atoms with Crippen LogP contribution in [-0.2, 0) is 3.83 Å². The summed E-state index contributed by atoms with van der Waals surface area (Å²) < 4.78 is 14.0. The molecule has 0 heterocycles. The van der Waals surface area contributed by atoms with Gasteiger partial charge in [-0.25, -0.2) is 0 Å². The summed E-state index contributed by atoms with van der Waals surface area (Å²) in [6.07, 6.45) is 0.941. The SMILES string of the molecule is CCCO[Br+][O-]. The lowest BCUT2D eigenvalue weighted by molar-refractivity contribution is -1.27. The lowest BCUT2D eigenvalue weighted by atomic mass is 10.5. The minimum Gasteiger partial charge on any atom is -0.550 e. The predicted molar refractivity (Wildman–Crippen MR) is 16.2 cm³/mol. The molecule has 0 aliphatic heterocycles. The van der Waals surface area contributed by atoms with Crippen molar-refractivity contribution in [3.8, 4) is 0 Å². The Balaban J connectivity index is 2.34. The molecule has 0 saturated carbocycles. The molecular formula is C3H7BrO2. The normalized spacial score (nSPS) is 9.00.